The quantitative estimate of drug-likeness (QED) is 0.760. The van der Waals surface area contributed by atoms with Crippen LogP contribution in [0.1, 0.15) is 50.8 Å². The second-order valence-corrected chi connectivity index (χ2v) is 5.57. The Balaban J connectivity index is 2.55. The van der Waals surface area contributed by atoms with Crippen molar-refractivity contribution >= 4 is 22.4 Å². The van der Waals surface area contributed by atoms with Crippen LogP contribution in [0.5, 0.6) is 0 Å². The normalized spacial score (nSPS) is 11.6. The fourth-order valence-corrected chi connectivity index (χ4v) is 2.47. The average Bonchev–Trinajstić information content (AvgIpc) is 2.87. The molecule has 1 heterocycles. The van der Waals surface area contributed by atoms with Crippen LogP contribution in [0.2, 0.25) is 0 Å². The van der Waals surface area contributed by atoms with Gasteiger partial charge < -0.3 is 10.4 Å². The predicted molar refractivity (Wildman–Crippen MR) is 82.6 cm³/mol. The number of anilines is 1. The molecule has 1 aromatic heterocycles. The molecule has 0 saturated heterocycles. The Bertz CT molecular complexity index is 474. The van der Waals surface area contributed by atoms with Gasteiger partial charge in [-0.3, -0.25) is 4.79 Å². The molecular weight excluding hydrogens is 272 g/mol. The SMILES string of the molecule is CCCCC(CC)C(=O)Nc1ncc(C#CCCO)s1. The Morgan fingerprint density at radius 3 is 3.00 bits per heavy atom. The van der Waals surface area contributed by atoms with Gasteiger partial charge in [-0.05, 0) is 12.8 Å². The topological polar surface area (TPSA) is 62.2 Å². The fourth-order valence-electron chi connectivity index (χ4n) is 1.77. The van der Waals surface area contributed by atoms with E-state index < -0.39 is 0 Å². The maximum Gasteiger partial charge on any atom is 0.229 e. The van der Waals surface area contributed by atoms with Gasteiger partial charge in [0.2, 0.25) is 5.91 Å². The van der Waals surface area contributed by atoms with Crippen LogP contribution in [0, 0.1) is 17.8 Å². The highest BCUT2D eigenvalue weighted by Crippen LogP contribution is 2.20. The molecule has 0 aromatic carbocycles. The second kappa shape index (κ2) is 9.51. The zero-order valence-electron chi connectivity index (χ0n) is 12.1. The van der Waals surface area contributed by atoms with E-state index in [1.165, 1.54) is 11.3 Å². The first kappa shape index (κ1) is 16.7. The highest BCUT2D eigenvalue weighted by Gasteiger charge is 2.16. The van der Waals surface area contributed by atoms with Crippen LogP contribution in [-0.2, 0) is 4.79 Å². The van der Waals surface area contributed by atoms with E-state index in [-0.39, 0.29) is 18.4 Å². The summed E-state index contributed by atoms with van der Waals surface area (Å²) >= 11 is 1.37. The van der Waals surface area contributed by atoms with Crippen molar-refractivity contribution in [2.75, 3.05) is 11.9 Å². The van der Waals surface area contributed by atoms with E-state index >= 15 is 0 Å². The van der Waals surface area contributed by atoms with Gasteiger partial charge in [0.25, 0.3) is 0 Å². The Morgan fingerprint density at radius 1 is 1.55 bits per heavy atom. The number of hydrogen-bond acceptors (Lipinski definition) is 4. The number of unbranched alkanes of at least 4 members (excludes halogenated alkanes) is 1. The number of thiazole rings is 1. The second-order valence-electron chi connectivity index (χ2n) is 4.54. The number of hydrogen-bond donors (Lipinski definition) is 2. The molecule has 0 aliphatic carbocycles. The van der Waals surface area contributed by atoms with Crippen molar-refractivity contribution < 1.29 is 9.90 Å². The molecule has 0 aliphatic rings. The zero-order chi connectivity index (χ0) is 14.8. The van der Waals surface area contributed by atoms with E-state index in [0.717, 1.165) is 30.6 Å². The van der Waals surface area contributed by atoms with Crippen molar-refractivity contribution in [2.24, 2.45) is 5.92 Å². The van der Waals surface area contributed by atoms with Gasteiger partial charge >= 0.3 is 0 Å². The molecular formula is C15H22N2O2S. The van der Waals surface area contributed by atoms with Crippen molar-refractivity contribution in [3.63, 3.8) is 0 Å². The van der Waals surface area contributed by atoms with E-state index in [9.17, 15) is 4.79 Å². The summed E-state index contributed by atoms with van der Waals surface area (Å²) < 4.78 is 0. The molecule has 20 heavy (non-hydrogen) atoms. The van der Waals surface area contributed by atoms with Crippen LogP contribution in [-0.4, -0.2) is 22.6 Å². The molecule has 110 valence electrons. The first-order valence-corrected chi connectivity index (χ1v) is 7.89. The lowest BCUT2D eigenvalue weighted by Crippen LogP contribution is -2.22. The largest absolute Gasteiger partial charge is 0.395 e. The number of carbonyl (C=O) groups excluding carboxylic acids is 1. The maximum atomic E-state index is 12.1. The summed E-state index contributed by atoms with van der Waals surface area (Å²) in [6.45, 7) is 4.22. The summed E-state index contributed by atoms with van der Waals surface area (Å²) in [6, 6.07) is 0. The number of aliphatic hydroxyl groups excluding tert-OH is 1. The summed E-state index contributed by atoms with van der Waals surface area (Å²) in [6.07, 6.45) is 6.05. The summed E-state index contributed by atoms with van der Waals surface area (Å²) in [5, 5.41) is 12.1. The lowest BCUT2D eigenvalue weighted by molar-refractivity contribution is -0.120. The van der Waals surface area contributed by atoms with E-state index in [0.29, 0.717) is 11.6 Å². The molecule has 1 amide bonds. The van der Waals surface area contributed by atoms with Crippen molar-refractivity contribution in [1.29, 1.82) is 0 Å². The Morgan fingerprint density at radius 2 is 2.35 bits per heavy atom. The van der Waals surface area contributed by atoms with Crippen LogP contribution in [0.4, 0.5) is 5.13 Å². The molecule has 0 fully saturated rings. The van der Waals surface area contributed by atoms with E-state index in [1.807, 2.05) is 6.92 Å². The summed E-state index contributed by atoms with van der Waals surface area (Å²) in [5.41, 5.74) is 0. The minimum absolute atomic E-state index is 0.0465. The molecule has 2 N–H and O–H groups in total. The molecule has 5 heteroatoms. The molecule has 0 aliphatic heterocycles. The molecule has 0 bridgehead atoms. The third kappa shape index (κ3) is 5.72. The van der Waals surface area contributed by atoms with Crippen LogP contribution < -0.4 is 5.32 Å². The standard InChI is InChI=1S/C15H22N2O2S/c1-3-5-8-12(4-2)14(19)17-15-16-11-13(20-15)9-6-7-10-18/h11-12,18H,3-5,7-8,10H2,1-2H3,(H,16,17,19). The number of carbonyl (C=O) groups is 1. The number of nitrogens with one attached hydrogen (secondary N) is 1. The Labute approximate surface area is 124 Å². The predicted octanol–water partition coefficient (Wildman–Crippen LogP) is 3.03. The van der Waals surface area contributed by atoms with Gasteiger partial charge in [-0.2, -0.15) is 0 Å². The lowest BCUT2D eigenvalue weighted by atomic mass is 9.99. The fraction of sp³-hybridized carbons (Fsp3) is 0.600. The van der Waals surface area contributed by atoms with Gasteiger partial charge in [0.15, 0.2) is 5.13 Å². The number of aromatic nitrogens is 1. The van der Waals surface area contributed by atoms with Crippen LogP contribution in [0.25, 0.3) is 0 Å². The molecule has 4 nitrogen and oxygen atoms in total. The van der Waals surface area contributed by atoms with Crippen molar-refractivity contribution in [1.82, 2.24) is 4.98 Å². The molecule has 1 unspecified atom stereocenters. The van der Waals surface area contributed by atoms with Gasteiger partial charge in [-0.1, -0.05) is 49.9 Å². The Hall–Kier alpha value is -1.38. The maximum absolute atomic E-state index is 12.1. The molecule has 0 radical (unpaired) electrons. The van der Waals surface area contributed by atoms with Gasteiger partial charge in [0.05, 0.1) is 17.7 Å². The monoisotopic (exact) mass is 294 g/mol. The van der Waals surface area contributed by atoms with Crippen LogP contribution in [0.15, 0.2) is 6.20 Å². The summed E-state index contributed by atoms with van der Waals surface area (Å²) in [5.74, 6) is 5.85. The number of rotatable bonds is 7. The molecule has 0 saturated carbocycles. The van der Waals surface area contributed by atoms with Crippen molar-refractivity contribution in [2.45, 2.75) is 46.0 Å². The highest BCUT2D eigenvalue weighted by atomic mass is 32.1. The van der Waals surface area contributed by atoms with Gasteiger partial charge in [0.1, 0.15) is 0 Å². The number of aliphatic hydroxyl groups is 1. The first-order chi connectivity index (χ1) is 9.71. The van der Waals surface area contributed by atoms with Crippen molar-refractivity contribution in [3.8, 4) is 11.8 Å². The lowest BCUT2D eigenvalue weighted by Gasteiger charge is -2.12. The highest BCUT2D eigenvalue weighted by molar-refractivity contribution is 7.16. The minimum Gasteiger partial charge on any atom is -0.395 e. The average molecular weight is 294 g/mol. The summed E-state index contributed by atoms with van der Waals surface area (Å²) in [4.78, 5) is 17.1. The van der Waals surface area contributed by atoms with Gasteiger partial charge in [0, 0.05) is 12.3 Å². The van der Waals surface area contributed by atoms with Gasteiger partial charge in [-0.15, -0.1) is 0 Å². The Kier molecular flexibility index (Phi) is 7.93. The van der Waals surface area contributed by atoms with Crippen LogP contribution in [0.3, 0.4) is 0 Å². The zero-order valence-corrected chi connectivity index (χ0v) is 12.9. The third-order valence-corrected chi connectivity index (χ3v) is 3.78. The molecule has 1 atom stereocenters. The molecule has 1 aromatic rings. The first-order valence-electron chi connectivity index (χ1n) is 7.07. The molecule has 1 rings (SSSR count). The number of nitrogens with zero attached hydrogens (tertiary/aromatic N) is 1. The van der Waals surface area contributed by atoms with E-state index in [2.05, 4.69) is 29.1 Å². The van der Waals surface area contributed by atoms with Crippen molar-refractivity contribution in [3.05, 3.63) is 11.1 Å². The summed E-state index contributed by atoms with van der Waals surface area (Å²) in [7, 11) is 0. The smallest absolute Gasteiger partial charge is 0.229 e. The minimum atomic E-state index is 0.0465. The molecule has 0 spiro atoms. The van der Waals surface area contributed by atoms with Gasteiger partial charge in [-0.25, -0.2) is 4.98 Å². The van der Waals surface area contributed by atoms with Crippen LogP contribution >= 0.6 is 11.3 Å². The number of amides is 1. The van der Waals surface area contributed by atoms with E-state index in [4.69, 9.17) is 5.11 Å². The van der Waals surface area contributed by atoms with E-state index in [1.54, 1.807) is 6.20 Å². The third-order valence-electron chi connectivity index (χ3n) is 2.95.